The highest BCUT2D eigenvalue weighted by molar-refractivity contribution is 5.84. The number of hydrogen-bond donors (Lipinski definition) is 1. The normalized spacial score (nSPS) is 24.3. The Balaban J connectivity index is 1.64. The number of aromatic nitrogens is 1. The smallest absolute Gasteiger partial charge is 0.240 e. The van der Waals surface area contributed by atoms with Crippen LogP contribution >= 0.6 is 0 Å². The number of hydrogen-bond acceptors (Lipinski definition) is 4. The van der Waals surface area contributed by atoms with Gasteiger partial charge >= 0.3 is 0 Å². The summed E-state index contributed by atoms with van der Waals surface area (Å²) >= 11 is 0. The molecule has 0 radical (unpaired) electrons. The first-order valence-corrected chi connectivity index (χ1v) is 9.29. The van der Waals surface area contributed by atoms with E-state index in [2.05, 4.69) is 4.98 Å². The minimum absolute atomic E-state index is 0.0614. The third-order valence-corrected chi connectivity index (χ3v) is 5.73. The van der Waals surface area contributed by atoms with E-state index in [1.54, 1.807) is 6.20 Å². The molecule has 1 aromatic heterocycles. The van der Waals surface area contributed by atoms with Gasteiger partial charge in [0.1, 0.15) is 11.9 Å². The molecule has 2 aliphatic rings. The highest BCUT2D eigenvalue weighted by Gasteiger charge is 2.36. The van der Waals surface area contributed by atoms with Crippen molar-refractivity contribution < 1.29 is 9.59 Å². The molecule has 2 amide bonds. The molecular weight excluding hydrogens is 316 g/mol. The lowest BCUT2D eigenvalue weighted by molar-refractivity contribution is -0.134. The Morgan fingerprint density at radius 2 is 2.04 bits per heavy atom. The fourth-order valence-electron chi connectivity index (χ4n) is 4.18. The van der Waals surface area contributed by atoms with Crippen molar-refractivity contribution in [1.29, 1.82) is 0 Å². The molecule has 2 N–H and O–H groups in total. The second kappa shape index (κ2) is 7.85. The summed E-state index contributed by atoms with van der Waals surface area (Å²) in [6.07, 6.45) is 8.58. The summed E-state index contributed by atoms with van der Waals surface area (Å²) in [7, 11) is 1.87. The SMILES string of the molecule is CN(C(=O)CC1CCCC1)C1CCN(c2ccccn2)C(C(N)=O)C1. The van der Waals surface area contributed by atoms with Crippen molar-refractivity contribution >= 4 is 17.6 Å². The van der Waals surface area contributed by atoms with E-state index >= 15 is 0 Å². The Bertz CT molecular complexity index is 601. The molecule has 0 bridgehead atoms. The summed E-state index contributed by atoms with van der Waals surface area (Å²) in [6, 6.07) is 5.29. The van der Waals surface area contributed by atoms with Gasteiger partial charge in [-0.2, -0.15) is 0 Å². The summed E-state index contributed by atoms with van der Waals surface area (Å²) in [5, 5.41) is 0. The largest absolute Gasteiger partial charge is 0.368 e. The number of carbonyl (C=O) groups is 2. The van der Waals surface area contributed by atoms with Crippen molar-refractivity contribution in [2.75, 3.05) is 18.5 Å². The number of rotatable bonds is 5. The van der Waals surface area contributed by atoms with Gasteiger partial charge in [-0.05, 0) is 43.7 Å². The molecule has 0 spiro atoms. The maximum absolute atomic E-state index is 12.6. The van der Waals surface area contributed by atoms with Crippen molar-refractivity contribution in [3.8, 4) is 0 Å². The summed E-state index contributed by atoms with van der Waals surface area (Å²) in [5.41, 5.74) is 5.65. The lowest BCUT2D eigenvalue weighted by Gasteiger charge is -2.41. The van der Waals surface area contributed by atoms with Gasteiger partial charge in [-0.3, -0.25) is 9.59 Å². The summed E-state index contributed by atoms with van der Waals surface area (Å²) in [5.74, 6) is 1.15. The fourth-order valence-corrected chi connectivity index (χ4v) is 4.18. The molecule has 1 saturated heterocycles. The molecule has 6 heteroatoms. The van der Waals surface area contributed by atoms with Crippen molar-refractivity contribution in [2.45, 2.75) is 57.0 Å². The Morgan fingerprint density at radius 3 is 2.68 bits per heavy atom. The predicted molar refractivity (Wildman–Crippen MR) is 96.9 cm³/mol. The van der Waals surface area contributed by atoms with E-state index in [4.69, 9.17) is 5.73 Å². The van der Waals surface area contributed by atoms with Gasteiger partial charge in [-0.1, -0.05) is 18.9 Å². The van der Waals surface area contributed by atoms with Gasteiger partial charge < -0.3 is 15.5 Å². The van der Waals surface area contributed by atoms with Gasteiger partial charge in [0.2, 0.25) is 11.8 Å². The lowest BCUT2D eigenvalue weighted by Crippen LogP contribution is -2.55. The molecule has 2 heterocycles. The Hall–Kier alpha value is -2.11. The highest BCUT2D eigenvalue weighted by Crippen LogP contribution is 2.30. The molecule has 6 nitrogen and oxygen atoms in total. The fraction of sp³-hybridized carbons (Fsp3) is 0.632. The summed E-state index contributed by atoms with van der Waals surface area (Å²) in [4.78, 5) is 32.8. The number of primary amides is 1. The zero-order valence-electron chi connectivity index (χ0n) is 14.9. The van der Waals surface area contributed by atoms with E-state index in [1.165, 1.54) is 25.7 Å². The van der Waals surface area contributed by atoms with Gasteiger partial charge in [0.25, 0.3) is 0 Å². The van der Waals surface area contributed by atoms with Gasteiger partial charge in [0.05, 0.1) is 0 Å². The van der Waals surface area contributed by atoms with Crippen molar-refractivity contribution in [3.63, 3.8) is 0 Å². The predicted octanol–water partition coefficient (Wildman–Crippen LogP) is 1.94. The van der Waals surface area contributed by atoms with Crippen LogP contribution in [0.2, 0.25) is 0 Å². The monoisotopic (exact) mass is 344 g/mol. The molecule has 2 atom stereocenters. The third kappa shape index (κ3) is 4.11. The van der Waals surface area contributed by atoms with Crippen LogP contribution in [0.1, 0.15) is 44.9 Å². The van der Waals surface area contributed by atoms with Crippen molar-refractivity contribution in [1.82, 2.24) is 9.88 Å². The molecule has 1 aromatic rings. The van der Waals surface area contributed by atoms with Crippen LogP contribution in [0.3, 0.4) is 0 Å². The molecule has 2 fully saturated rings. The van der Waals surface area contributed by atoms with Crippen molar-refractivity contribution in [3.05, 3.63) is 24.4 Å². The second-order valence-corrected chi connectivity index (χ2v) is 7.34. The van der Waals surface area contributed by atoms with E-state index in [9.17, 15) is 9.59 Å². The van der Waals surface area contributed by atoms with Crippen LogP contribution in [0.25, 0.3) is 0 Å². The molecule has 3 rings (SSSR count). The van der Waals surface area contributed by atoms with Gasteiger partial charge in [0.15, 0.2) is 0 Å². The molecule has 1 aliphatic carbocycles. The zero-order valence-corrected chi connectivity index (χ0v) is 14.9. The maximum atomic E-state index is 12.6. The molecule has 2 unspecified atom stereocenters. The Kier molecular flexibility index (Phi) is 5.56. The third-order valence-electron chi connectivity index (χ3n) is 5.73. The van der Waals surface area contributed by atoms with E-state index in [0.29, 0.717) is 25.3 Å². The number of nitrogens with zero attached hydrogens (tertiary/aromatic N) is 3. The van der Waals surface area contributed by atoms with Crippen LogP contribution in [-0.4, -0.2) is 47.4 Å². The molecule has 25 heavy (non-hydrogen) atoms. The van der Waals surface area contributed by atoms with Crippen LogP contribution in [0, 0.1) is 5.92 Å². The number of amides is 2. The topological polar surface area (TPSA) is 79.5 Å². The average Bonchev–Trinajstić information content (AvgIpc) is 3.14. The Morgan fingerprint density at radius 1 is 1.28 bits per heavy atom. The summed E-state index contributed by atoms with van der Waals surface area (Å²) < 4.78 is 0. The molecular formula is C19H28N4O2. The number of nitrogens with two attached hydrogens (primary N) is 1. The van der Waals surface area contributed by atoms with Gasteiger partial charge in [0, 0.05) is 32.3 Å². The Labute approximate surface area is 149 Å². The summed E-state index contributed by atoms with van der Waals surface area (Å²) in [6.45, 7) is 0.677. The molecule has 1 saturated carbocycles. The first-order valence-electron chi connectivity index (χ1n) is 9.29. The van der Waals surface area contributed by atoms with Crippen molar-refractivity contribution in [2.24, 2.45) is 11.7 Å². The number of anilines is 1. The van der Waals surface area contributed by atoms with Crippen LogP contribution in [-0.2, 0) is 9.59 Å². The lowest BCUT2D eigenvalue weighted by atomic mass is 9.94. The highest BCUT2D eigenvalue weighted by atomic mass is 16.2. The molecule has 136 valence electrons. The van der Waals surface area contributed by atoms with Crippen LogP contribution < -0.4 is 10.6 Å². The van der Waals surface area contributed by atoms with Crippen LogP contribution in [0.5, 0.6) is 0 Å². The zero-order chi connectivity index (χ0) is 17.8. The molecule has 0 aromatic carbocycles. The number of carbonyl (C=O) groups excluding carboxylic acids is 2. The van der Waals surface area contributed by atoms with E-state index in [1.807, 2.05) is 35.0 Å². The minimum Gasteiger partial charge on any atom is -0.368 e. The standard InChI is InChI=1S/C19H28N4O2/c1-22(18(24)12-14-6-2-3-7-14)15-9-11-23(16(13-15)19(20)25)17-8-4-5-10-21-17/h4-5,8,10,14-16H,2-3,6-7,9,11-13H2,1H3,(H2,20,25). The quantitative estimate of drug-likeness (QED) is 0.885. The minimum atomic E-state index is -0.421. The first kappa shape index (κ1) is 17.7. The van der Waals surface area contributed by atoms with E-state index in [-0.39, 0.29) is 17.9 Å². The number of pyridine rings is 1. The van der Waals surface area contributed by atoms with Crippen LogP contribution in [0.4, 0.5) is 5.82 Å². The first-order chi connectivity index (χ1) is 12.1. The van der Waals surface area contributed by atoms with Gasteiger partial charge in [-0.25, -0.2) is 4.98 Å². The number of piperidine rings is 1. The van der Waals surface area contributed by atoms with Crippen LogP contribution in [0.15, 0.2) is 24.4 Å². The molecule has 1 aliphatic heterocycles. The van der Waals surface area contributed by atoms with E-state index < -0.39 is 6.04 Å². The van der Waals surface area contributed by atoms with Gasteiger partial charge in [-0.15, -0.1) is 0 Å². The average molecular weight is 344 g/mol. The maximum Gasteiger partial charge on any atom is 0.240 e. The second-order valence-electron chi connectivity index (χ2n) is 7.34. The van der Waals surface area contributed by atoms with E-state index in [0.717, 1.165) is 12.2 Å².